The molecule has 0 radical (unpaired) electrons. The largest absolute Gasteiger partial charge is 0.443 e. The Morgan fingerprint density at radius 3 is 2.37 bits per heavy atom. The van der Waals surface area contributed by atoms with Crippen LogP contribution in [0.5, 0.6) is 0 Å². The lowest BCUT2D eigenvalue weighted by Crippen LogP contribution is -2.12. The van der Waals surface area contributed by atoms with E-state index in [-0.39, 0.29) is 21.3 Å². The van der Waals surface area contributed by atoms with Crippen molar-refractivity contribution in [1.82, 2.24) is 4.98 Å². The van der Waals surface area contributed by atoms with Crippen molar-refractivity contribution in [3.8, 4) is 11.3 Å². The number of carbonyl (C=O) groups excluding carboxylic acids is 1. The number of carbonyl (C=O) groups is 1. The van der Waals surface area contributed by atoms with Gasteiger partial charge in [0, 0.05) is 21.7 Å². The van der Waals surface area contributed by atoms with Gasteiger partial charge in [-0.2, -0.15) is 13.2 Å². The van der Waals surface area contributed by atoms with E-state index in [9.17, 15) is 18.0 Å². The molecule has 10 heteroatoms. The van der Waals surface area contributed by atoms with Gasteiger partial charge in [0.15, 0.2) is 5.01 Å². The van der Waals surface area contributed by atoms with Crippen molar-refractivity contribution in [2.75, 3.05) is 5.32 Å². The molecule has 3 nitrogen and oxygen atoms in total. The van der Waals surface area contributed by atoms with Gasteiger partial charge in [-0.3, -0.25) is 4.79 Å². The number of hydrogen-bond donors (Lipinski definition) is 1. The third kappa shape index (κ3) is 4.55. The number of anilines is 1. The molecule has 1 heterocycles. The van der Waals surface area contributed by atoms with E-state index in [1.54, 1.807) is 0 Å². The molecule has 1 N–H and O–H groups in total. The van der Waals surface area contributed by atoms with Crippen LogP contribution < -0.4 is 5.32 Å². The molecule has 0 saturated carbocycles. The van der Waals surface area contributed by atoms with E-state index >= 15 is 0 Å². The standard InChI is InChI=1S/C17H8Cl3F3N2OS/c18-8-1-3-11(12(19)5-8)15(26)24-9-2-4-10(13(20)6-9)14-7-27-16(25-14)17(21,22)23/h1-7H,(H,24,26). The van der Waals surface area contributed by atoms with Crippen LogP contribution in [0, 0.1) is 0 Å². The number of thiazole rings is 1. The van der Waals surface area contributed by atoms with Crippen LogP contribution in [0.2, 0.25) is 15.1 Å². The molecule has 0 bridgehead atoms. The third-order valence-corrected chi connectivity index (χ3v) is 5.17. The molecule has 0 unspecified atom stereocenters. The number of nitrogens with one attached hydrogen (secondary N) is 1. The number of amides is 1. The molecule has 0 fully saturated rings. The Kier molecular flexibility index (Phi) is 5.67. The molecule has 0 atom stereocenters. The predicted molar refractivity (Wildman–Crippen MR) is 102 cm³/mol. The Bertz CT molecular complexity index is 1020. The molecule has 3 rings (SSSR count). The predicted octanol–water partition coefficient (Wildman–Crippen LogP) is 7.04. The molecule has 140 valence electrons. The van der Waals surface area contributed by atoms with Crippen molar-refractivity contribution in [1.29, 1.82) is 0 Å². The van der Waals surface area contributed by atoms with Crippen LogP contribution in [0.3, 0.4) is 0 Å². The minimum Gasteiger partial charge on any atom is -0.322 e. The summed E-state index contributed by atoms with van der Waals surface area (Å²) in [5.74, 6) is -0.478. The summed E-state index contributed by atoms with van der Waals surface area (Å²) in [4.78, 5) is 15.9. The van der Waals surface area contributed by atoms with Crippen LogP contribution in [-0.4, -0.2) is 10.9 Å². The Hall–Kier alpha value is -1.80. The Morgan fingerprint density at radius 1 is 1.04 bits per heavy atom. The lowest BCUT2D eigenvalue weighted by molar-refractivity contribution is -0.137. The van der Waals surface area contributed by atoms with E-state index in [0.29, 0.717) is 27.6 Å². The normalized spacial score (nSPS) is 11.5. The zero-order valence-corrected chi connectivity index (χ0v) is 16.2. The van der Waals surface area contributed by atoms with E-state index in [2.05, 4.69) is 10.3 Å². The van der Waals surface area contributed by atoms with E-state index in [0.717, 1.165) is 0 Å². The van der Waals surface area contributed by atoms with Crippen molar-refractivity contribution in [2.24, 2.45) is 0 Å². The van der Waals surface area contributed by atoms with Crippen LogP contribution in [0.1, 0.15) is 15.4 Å². The van der Waals surface area contributed by atoms with Crippen LogP contribution in [0.25, 0.3) is 11.3 Å². The highest BCUT2D eigenvalue weighted by Gasteiger charge is 2.34. The fraction of sp³-hybridized carbons (Fsp3) is 0.0588. The van der Waals surface area contributed by atoms with Gasteiger partial charge in [0.1, 0.15) is 0 Å². The Labute approximate surface area is 170 Å². The number of hydrogen-bond acceptors (Lipinski definition) is 3. The van der Waals surface area contributed by atoms with Crippen molar-refractivity contribution in [3.63, 3.8) is 0 Å². The highest BCUT2D eigenvalue weighted by Crippen LogP contribution is 2.37. The van der Waals surface area contributed by atoms with Crippen molar-refractivity contribution in [3.05, 3.63) is 67.4 Å². The second-order valence-corrected chi connectivity index (χ2v) is 7.42. The minimum atomic E-state index is -4.51. The van der Waals surface area contributed by atoms with Crippen molar-refractivity contribution < 1.29 is 18.0 Å². The zero-order chi connectivity index (χ0) is 19.8. The first kappa shape index (κ1) is 19.9. The average Bonchev–Trinajstić information content (AvgIpc) is 3.04. The Morgan fingerprint density at radius 2 is 1.78 bits per heavy atom. The third-order valence-electron chi connectivity index (χ3n) is 3.43. The van der Waals surface area contributed by atoms with Crippen LogP contribution in [0.15, 0.2) is 41.8 Å². The van der Waals surface area contributed by atoms with Gasteiger partial charge in [0.05, 0.1) is 21.3 Å². The van der Waals surface area contributed by atoms with Gasteiger partial charge in [-0.15, -0.1) is 11.3 Å². The lowest BCUT2D eigenvalue weighted by atomic mass is 10.1. The molecule has 0 spiro atoms. The fourth-order valence-corrected chi connectivity index (χ4v) is 3.66. The first-order valence-electron chi connectivity index (χ1n) is 7.24. The van der Waals surface area contributed by atoms with E-state index in [1.165, 1.54) is 41.8 Å². The molecule has 1 amide bonds. The summed E-state index contributed by atoms with van der Waals surface area (Å²) < 4.78 is 38.1. The number of rotatable bonds is 3. The quantitative estimate of drug-likeness (QED) is 0.464. The maximum atomic E-state index is 12.7. The monoisotopic (exact) mass is 450 g/mol. The molecule has 0 aliphatic carbocycles. The molecule has 2 aromatic carbocycles. The minimum absolute atomic E-state index is 0.107. The second-order valence-electron chi connectivity index (χ2n) is 5.31. The first-order valence-corrected chi connectivity index (χ1v) is 9.25. The number of alkyl halides is 3. The van der Waals surface area contributed by atoms with Gasteiger partial charge >= 0.3 is 6.18 Å². The van der Waals surface area contributed by atoms with Crippen LogP contribution in [0.4, 0.5) is 18.9 Å². The van der Waals surface area contributed by atoms with Crippen LogP contribution >= 0.6 is 46.1 Å². The van der Waals surface area contributed by atoms with Gasteiger partial charge in [-0.05, 0) is 36.4 Å². The molecule has 3 aromatic rings. The summed E-state index contributed by atoms with van der Waals surface area (Å²) in [6.45, 7) is 0. The van der Waals surface area contributed by atoms with E-state index in [1.807, 2.05) is 0 Å². The van der Waals surface area contributed by atoms with Crippen molar-refractivity contribution >= 4 is 57.7 Å². The molecule has 0 aliphatic rings. The van der Waals surface area contributed by atoms with Gasteiger partial charge < -0.3 is 5.32 Å². The van der Waals surface area contributed by atoms with Crippen molar-refractivity contribution in [2.45, 2.75) is 6.18 Å². The lowest BCUT2D eigenvalue weighted by Gasteiger charge is -2.09. The molecule has 0 aliphatic heterocycles. The highest BCUT2D eigenvalue weighted by molar-refractivity contribution is 7.10. The Balaban J connectivity index is 1.82. The molecule has 1 aromatic heterocycles. The summed E-state index contributed by atoms with van der Waals surface area (Å²) in [6, 6.07) is 8.86. The smallest absolute Gasteiger partial charge is 0.322 e. The summed E-state index contributed by atoms with van der Waals surface area (Å²) in [5.41, 5.74) is 1.00. The average molecular weight is 452 g/mol. The second kappa shape index (κ2) is 7.67. The fourth-order valence-electron chi connectivity index (χ4n) is 2.20. The highest BCUT2D eigenvalue weighted by atomic mass is 35.5. The molecule has 27 heavy (non-hydrogen) atoms. The number of nitrogens with zero attached hydrogens (tertiary/aromatic N) is 1. The summed E-state index contributed by atoms with van der Waals surface area (Å²) >= 11 is 18.4. The maximum absolute atomic E-state index is 12.7. The summed E-state index contributed by atoms with van der Waals surface area (Å²) in [6.07, 6.45) is -4.51. The first-order chi connectivity index (χ1) is 12.6. The summed E-state index contributed by atoms with van der Waals surface area (Å²) in [5, 5.41) is 3.66. The SMILES string of the molecule is O=C(Nc1ccc(-c2csc(C(F)(F)F)n2)c(Cl)c1)c1ccc(Cl)cc1Cl. The number of benzene rings is 2. The topological polar surface area (TPSA) is 42.0 Å². The van der Waals surface area contributed by atoms with Gasteiger partial charge in [0.25, 0.3) is 5.91 Å². The summed E-state index contributed by atoms with van der Waals surface area (Å²) in [7, 11) is 0. The molecule has 0 saturated heterocycles. The van der Waals surface area contributed by atoms with Gasteiger partial charge in [-0.25, -0.2) is 4.98 Å². The zero-order valence-electron chi connectivity index (χ0n) is 13.1. The number of aromatic nitrogens is 1. The molecular weight excluding hydrogens is 444 g/mol. The van der Waals surface area contributed by atoms with E-state index < -0.39 is 17.1 Å². The number of halogens is 6. The van der Waals surface area contributed by atoms with Gasteiger partial charge in [-0.1, -0.05) is 34.8 Å². The maximum Gasteiger partial charge on any atom is 0.443 e. The van der Waals surface area contributed by atoms with Gasteiger partial charge in [0.2, 0.25) is 0 Å². The van der Waals surface area contributed by atoms with Crippen LogP contribution in [-0.2, 0) is 6.18 Å². The molecular formula is C17H8Cl3F3N2OS. The van der Waals surface area contributed by atoms with E-state index in [4.69, 9.17) is 34.8 Å².